The van der Waals surface area contributed by atoms with Crippen LogP contribution in [0.25, 0.3) is 0 Å². The summed E-state index contributed by atoms with van der Waals surface area (Å²) in [7, 11) is 0. The second-order valence-corrected chi connectivity index (χ2v) is 5.04. The van der Waals surface area contributed by atoms with Crippen molar-refractivity contribution < 1.29 is 0 Å². The molecule has 0 spiro atoms. The number of rotatable bonds is 3. The smallest absolute Gasteiger partial charge is 0.0991 e. The molecule has 0 aliphatic heterocycles. The fourth-order valence-electron chi connectivity index (χ4n) is 1.72. The van der Waals surface area contributed by atoms with Crippen LogP contribution in [0, 0.1) is 18.3 Å². The first-order valence-corrected chi connectivity index (χ1v) is 6.47. The molecular formula is C15H13BrN2. The van der Waals surface area contributed by atoms with Crippen LogP contribution in [0.5, 0.6) is 0 Å². The normalized spacial score (nSPS) is 9.83. The highest BCUT2D eigenvalue weighted by atomic mass is 79.9. The van der Waals surface area contributed by atoms with Crippen molar-refractivity contribution in [1.82, 2.24) is 0 Å². The van der Waals surface area contributed by atoms with E-state index in [-0.39, 0.29) is 0 Å². The summed E-state index contributed by atoms with van der Waals surface area (Å²) in [5, 5.41) is 12.1. The van der Waals surface area contributed by atoms with Crippen LogP contribution >= 0.6 is 15.9 Å². The summed E-state index contributed by atoms with van der Waals surface area (Å²) in [6.07, 6.45) is 0. The van der Waals surface area contributed by atoms with E-state index in [1.54, 1.807) is 0 Å². The van der Waals surface area contributed by atoms with Crippen LogP contribution in [0.15, 0.2) is 46.9 Å². The van der Waals surface area contributed by atoms with E-state index in [1.165, 1.54) is 5.56 Å². The molecule has 1 N–H and O–H groups in total. The lowest BCUT2D eigenvalue weighted by molar-refractivity contribution is 1.14. The average Bonchev–Trinajstić information content (AvgIpc) is 2.38. The summed E-state index contributed by atoms with van der Waals surface area (Å²) in [6, 6.07) is 15.9. The summed E-state index contributed by atoms with van der Waals surface area (Å²) < 4.78 is 1.09. The lowest BCUT2D eigenvalue weighted by Crippen LogP contribution is -2.00. The summed E-state index contributed by atoms with van der Waals surface area (Å²) in [5.41, 5.74) is 4.19. The van der Waals surface area contributed by atoms with Crippen LogP contribution < -0.4 is 5.32 Å². The zero-order chi connectivity index (χ0) is 13.0. The molecule has 3 heteroatoms. The molecule has 2 nitrogen and oxygen atoms in total. The highest BCUT2D eigenvalue weighted by Crippen LogP contribution is 2.20. The van der Waals surface area contributed by atoms with Gasteiger partial charge in [0.2, 0.25) is 0 Å². The Hall–Kier alpha value is -1.79. The zero-order valence-electron chi connectivity index (χ0n) is 10.1. The Morgan fingerprint density at radius 1 is 1.17 bits per heavy atom. The van der Waals surface area contributed by atoms with Crippen molar-refractivity contribution in [1.29, 1.82) is 5.26 Å². The molecule has 0 bridgehead atoms. The molecule has 0 aliphatic rings. The van der Waals surface area contributed by atoms with E-state index in [2.05, 4.69) is 46.4 Å². The maximum absolute atomic E-state index is 8.73. The molecule has 0 heterocycles. The molecule has 90 valence electrons. The van der Waals surface area contributed by atoms with E-state index < -0.39 is 0 Å². The third kappa shape index (κ3) is 3.12. The Kier molecular flexibility index (Phi) is 4.01. The van der Waals surface area contributed by atoms with Gasteiger partial charge >= 0.3 is 0 Å². The lowest BCUT2D eigenvalue weighted by atomic mass is 10.1. The SMILES string of the molecule is Cc1cc(Br)ccc1NCc1ccc(C#N)cc1. The predicted molar refractivity (Wildman–Crippen MR) is 77.4 cm³/mol. The van der Waals surface area contributed by atoms with Crippen molar-refractivity contribution in [3.63, 3.8) is 0 Å². The fraction of sp³-hybridized carbons (Fsp3) is 0.133. The van der Waals surface area contributed by atoms with Gasteiger partial charge in [0.15, 0.2) is 0 Å². The van der Waals surface area contributed by atoms with E-state index in [0.29, 0.717) is 5.56 Å². The number of hydrogen-bond acceptors (Lipinski definition) is 2. The van der Waals surface area contributed by atoms with Gasteiger partial charge in [-0.2, -0.15) is 5.26 Å². The Morgan fingerprint density at radius 2 is 1.89 bits per heavy atom. The van der Waals surface area contributed by atoms with Crippen LogP contribution in [-0.2, 0) is 6.54 Å². The molecule has 0 aromatic heterocycles. The highest BCUT2D eigenvalue weighted by molar-refractivity contribution is 9.10. The lowest BCUT2D eigenvalue weighted by Gasteiger charge is -2.10. The van der Waals surface area contributed by atoms with Gasteiger partial charge in [0.05, 0.1) is 11.6 Å². The number of nitrogens with one attached hydrogen (secondary N) is 1. The minimum Gasteiger partial charge on any atom is -0.381 e. The summed E-state index contributed by atoms with van der Waals surface area (Å²) in [5.74, 6) is 0. The Labute approximate surface area is 115 Å². The van der Waals surface area contributed by atoms with E-state index in [4.69, 9.17) is 5.26 Å². The van der Waals surface area contributed by atoms with Gasteiger partial charge in [-0.15, -0.1) is 0 Å². The first kappa shape index (κ1) is 12.7. The van der Waals surface area contributed by atoms with Crippen molar-refractivity contribution in [3.8, 4) is 6.07 Å². The molecule has 0 aliphatic carbocycles. The molecule has 0 atom stereocenters. The van der Waals surface area contributed by atoms with Crippen molar-refractivity contribution in [3.05, 3.63) is 63.6 Å². The van der Waals surface area contributed by atoms with Crippen LogP contribution in [0.3, 0.4) is 0 Å². The van der Waals surface area contributed by atoms with Crippen molar-refractivity contribution in [2.45, 2.75) is 13.5 Å². The zero-order valence-corrected chi connectivity index (χ0v) is 11.7. The first-order chi connectivity index (χ1) is 8.69. The van der Waals surface area contributed by atoms with Crippen LogP contribution in [0.1, 0.15) is 16.7 Å². The summed E-state index contributed by atoms with van der Waals surface area (Å²) in [6.45, 7) is 2.83. The number of nitrogens with zero attached hydrogens (tertiary/aromatic N) is 1. The van der Waals surface area contributed by atoms with Gasteiger partial charge in [-0.25, -0.2) is 0 Å². The Balaban J connectivity index is 2.04. The monoisotopic (exact) mass is 300 g/mol. The van der Waals surface area contributed by atoms with E-state index >= 15 is 0 Å². The standard InChI is InChI=1S/C15H13BrN2/c1-11-8-14(16)6-7-15(11)18-10-13-4-2-12(9-17)3-5-13/h2-8,18H,10H2,1H3. The van der Waals surface area contributed by atoms with Gasteiger partial charge in [0.1, 0.15) is 0 Å². The molecule has 0 fully saturated rings. The molecule has 0 amide bonds. The quantitative estimate of drug-likeness (QED) is 0.920. The third-order valence-electron chi connectivity index (χ3n) is 2.75. The second kappa shape index (κ2) is 5.70. The van der Waals surface area contributed by atoms with Crippen molar-refractivity contribution >= 4 is 21.6 Å². The van der Waals surface area contributed by atoms with Gasteiger partial charge in [0.25, 0.3) is 0 Å². The van der Waals surface area contributed by atoms with Gasteiger partial charge in [-0.3, -0.25) is 0 Å². The largest absolute Gasteiger partial charge is 0.381 e. The van der Waals surface area contributed by atoms with Gasteiger partial charge in [-0.1, -0.05) is 28.1 Å². The Morgan fingerprint density at radius 3 is 2.50 bits per heavy atom. The minimum atomic E-state index is 0.693. The molecular weight excluding hydrogens is 288 g/mol. The highest BCUT2D eigenvalue weighted by Gasteiger charge is 1.99. The van der Waals surface area contributed by atoms with Gasteiger partial charge < -0.3 is 5.32 Å². The molecule has 2 aromatic rings. The van der Waals surface area contributed by atoms with Gasteiger partial charge in [-0.05, 0) is 48.4 Å². The maximum Gasteiger partial charge on any atom is 0.0991 e. The number of aryl methyl sites for hydroxylation is 1. The second-order valence-electron chi connectivity index (χ2n) is 4.12. The van der Waals surface area contributed by atoms with Crippen LogP contribution in [0.4, 0.5) is 5.69 Å². The number of benzene rings is 2. The summed E-state index contributed by atoms with van der Waals surface area (Å²) >= 11 is 3.45. The predicted octanol–water partition coefficient (Wildman–Crippen LogP) is 4.24. The van der Waals surface area contributed by atoms with Crippen LogP contribution in [0.2, 0.25) is 0 Å². The van der Waals surface area contributed by atoms with Crippen molar-refractivity contribution in [2.75, 3.05) is 5.32 Å². The Bertz CT molecular complexity index is 582. The third-order valence-corrected chi connectivity index (χ3v) is 3.25. The molecule has 2 rings (SSSR count). The van der Waals surface area contributed by atoms with E-state index in [0.717, 1.165) is 22.3 Å². The molecule has 0 radical (unpaired) electrons. The number of anilines is 1. The topological polar surface area (TPSA) is 35.8 Å². The maximum atomic E-state index is 8.73. The van der Waals surface area contributed by atoms with E-state index in [9.17, 15) is 0 Å². The van der Waals surface area contributed by atoms with Crippen molar-refractivity contribution in [2.24, 2.45) is 0 Å². The number of nitriles is 1. The molecule has 2 aromatic carbocycles. The fourth-order valence-corrected chi connectivity index (χ4v) is 2.20. The van der Waals surface area contributed by atoms with E-state index in [1.807, 2.05) is 30.3 Å². The molecule has 0 unspecified atom stereocenters. The molecule has 18 heavy (non-hydrogen) atoms. The molecule has 0 saturated carbocycles. The van der Waals surface area contributed by atoms with Crippen LogP contribution in [-0.4, -0.2) is 0 Å². The minimum absolute atomic E-state index is 0.693. The number of hydrogen-bond donors (Lipinski definition) is 1. The first-order valence-electron chi connectivity index (χ1n) is 5.68. The summed E-state index contributed by atoms with van der Waals surface area (Å²) in [4.78, 5) is 0. The molecule has 0 saturated heterocycles. The average molecular weight is 301 g/mol. The van der Waals surface area contributed by atoms with Gasteiger partial charge in [0, 0.05) is 16.7 Å². The number of halogens is 1.